The van der Waals surface area contributed by atoms with Crippen LogP contribution in [0.1, 0.15) is 72.0 Å². The number of rotatable bonds is 6. The fourth-order valence-corrected chi connectivity index (χ4v) is 4.60. The van der Waals surface area contributed by atoms with Crippen LogP contribution in [0.25, 0.3) is 0 Å². The Morgan fingerprint density at radius 1 is 1.07 bits per heavy atom. The van der Waals surface area contributed by atoms with Crippen LogP contribution >= 0.6 is 0 Å². The lowest BCUT2D eigenvalue weighted by Crippen LogP contribution is -2.19. The zero-order chi connectivity index (χ0) is 20.2. The zero-order valence-corrected chi connectivity index (χ0v) is 17.0. The van der Waals surface area contributed by atoms with Gasteiger partial charge in [-0.25, -0.2) is 4.98 Å². The first-order chi connectivity index (χ1) is 14.2. The molecule has 1 aliphatic carbocycles. The van der Waals surface area contributed by atoms with Crippen LogP contribution in [0.3, 0.4) is 0 Å². The molecule has 2 aromatic rings. The summed E-state index contributed by atoms with van der Waals surface area (Å²) in [6.07, 6.45) is 6.62. The van der Waals surface area contributed by atoms with Crippen molar-refractivity contribution >= 4 is 23.1 Å². The van der Waals surface area contributed by atoms with E-state index in [9.17, 15) is 4.79 Å². The third-order valence-corrected chi connectivity index (χ3v) is 6.18. The molecule has 154 valence electrons. The number of nitrogens with one attached hydrogen (secondary N) is 2. The van der Waals surface area contributed by atoms with Crippen LogP contribution in [0, 0.1) is 0 Å². The van der Waals surface area contributed by atoms with E-state index in [1.165, 1.54) is 18.4 Å². The molecule has 4 N–H and O–H groups in total. The fraction of sp³-hybridized carbons (Fsp3) is 0.478. The molecular formula is C23H30N4O2. The van der Waals surface area contributed by atoms with Crippen molar-refractivity contribution in [3.8, 4) is 0 Å². The summed E-state index contributed by atoms with van der Waals surface area (Å²) in [4.78, 5) is 17.0. The van der Waals surface area contributed by atoms with Crippen LogP contribution < -0.4 is 16.4 Å². The largest absolute Gasteiger partial charge is 0.387 e. The Bertz CT molecular complexity index is 854. The molecule has 29 heavy (non-hydrogen) atoms. The van der Waals surface area contributed by atoms with Gasteiger partial charge in [0.25, 0.3) is 5.91 Å². The summed E-state index contributed by atoms with van der Waals surface area (Å²) >= 11 is 0. The number of hydrogen-bond donors (Lipinski definition) is 3. The molecule has 1 aliphatic heterocycles. The zero-order valence-electron chi connectivity index (χ0n) is 17.0. The van der Waals surface area contributed by atoms with Gasteiger partial charge >= 0.3 is 0 Å². The highest BCUT2D eigenvalue weighted by molar-refractivity contribution is 6.00. The van der Waals surface area contributed by atoms with Gasteiger partial charge in [0.1, 0.15) is 5.82 Å². The maximum Gasteiger partial charge on any atom is 0.252 e. The second kappa shape index (κ2) is 8.82. The quantitative estimate of drug-likeness (QED) is 0.670. The molecular weight excluding hydrogens is 364 g/mol. The third-order valence-electron chi connectivity index (χ3n) is 6.18. The summed E-state index contributed by atoms with van der Waals surface area (Å²) < 4.78 is 5.47. The molecule has 0 atom stereocenters. The normalized spacial score (nSPS) is 18.0. The lowest BCUT2D eigenvalue weighted by atomic mass is 9.92. The number of ether oxygens (including phenoxy) is 1. The predicted molar refractivity (Wildman–Crippen MR) is 116 cm³/mol. The van der Waals surface area contributed by atoms with E-state index in [4.69, 9.17) is 15.5 Å². The molecule has 2 fully saturated rings. The molecule has 6 nitrogen and oxygen atoms in total. The highest BCUT2D eigenvalue weighted by atomic mass is 16.5. The van der Waals surface area contributed by atoms with E-state index in [0.29, 0.717) is 17.4 Å². The number of pyridine rings is 1. The van der Waals surface area contributed by atoms with Crippen molar-refractivity contribution in [2.24, 2.45) is 5.73 Å². The van der Waals surface area contributed by atoms with Gasteiger partial charge in [-0.2, -0.15) is 0 Å². The van der Waals surface area contributed by atoms with Gasteiger partial charge in [0.05, 0.1) is 16.9 Å². The van der Waals surface area contributed by atoms with Crippen molar-refractivity contribution < 1.29 is 9.53 Å². The van der Waals surface area contributed by atoms with E-state index in [1.807, 2.05) is 13.1 Å². The highest BCUT2D eigenvalue weighted by Crippen LogP contribution is 2.38. The Morgan fingerprint density at radius 3 is 2.38 bits per heavy atom. The van der Waals surface area contributed by atoms with E-state index in [0.717, 1.165) is 61.8 Å². The monoisotopic (exact) mass is 394 g/mol. The summed E-state index contributed by atoms with van der Waals surface area (Å²) in [6.45, 7) is 1.69. The average Bonchev–Trinajstić information content (AvgIpc) is 3.29. The minimum absolute atomic E-state index is 0.294. The Kier molecular flexibility index (Phi) is 6.00. The standard InChI is InChI=1S/C23H30N4O2/c1-25-19-14-20(27-22(21(19)23(24)28)17-4-2-3-5-17)26-18-8-6-15(7-9-18)16-10-12-29-13-11-16/h6-9,14,16-17H,2-5,10-13H2,1H3,(H2,24,28)(H2,25,26,27). The van der Waals surface area contributed by atoms with E-state index in [2.05, 4.69) is 34.9 Å². The van der Waals surface area contributed by atoms with Gasteiger partial charge in [-0.1, -0.05) is 25.0 Å². The molecule has 0 bridgehead atoms. The van der Waals surface area contributed by atoms with E-state index < -0.39 is 5.91 Å². The van der Waals surface area contributed by atoms with Gasteiger partial charge in [-0.15, -0.1) is 0 Å². The minimum atomic E-state index is -0.420. The minimum Gasteiger partial charge on any atom is -0.387 e. The Morgan fingerprint density at radius 2 is 1.76 bits per heavy atom. The van der Waals surface area contributed by atoms with Crippen LogP contribution in [0.15, 0.2) is 30.3 Å². The molecule has 1 aromatic carbocycles. The van der Waals surface area contributed by atoms with E-state index in [-0.39, 0.29) is 0 Å². The van der Waals surface area contributed by atoms with Crippen LogP contribution in [-0.2, 0) is 4.74 Å². The van der Waals surface area contributed by atoms with Gasteiger partial charge < -0.3 is 21.1 Å². The average molecular weight is 395 g/mol. The van der Waals surface area contributed by atoms with Gasteiger partial charge in [0.15, 0.2) is 0 Å². The third kappa shape index (κ3) is 4.37. The topological polar surface area (TPSA) is 89.3 Å². The summed E-state index contributed by atoms with van der Waals surface area (Å²) in [6, 6.07) is 10.4. The molecule has 1 saturated heterocycles. The Labute approximate surface area is 172 Å². The molecule has 2 heterocycles. The molecule has 1 saturated carbocycles. The summed E-state index contributed by atoms with van der Waals surface area (Å²) in [5, 5.41) is 6.54. The summed E-state index contributed by atoms with van der Waals surface area (Å²) in [5.41, 5.74) is 10.1. The number of anilines is 3. The first-order valence-electron chi connectivity index (χ1n) is 10.6. The maximum absolute atomic E-state index is 12.1. The number of carbonyl (C=O) groups is 1. The second-order valence-electron chi connectivity index (χ2n) is 8.04. The van der Waals surface area contributed by atoms with Gasteiger partial charge in [0.2, 0.25) is 0 Å². The molecule has 1 amide bonds. The van der Waals surface area contributed by atoms with Crippen molar-refractivity contribution in [2.45, 2.75) is 50.4 Å². The van der Waals surface area contributed by atoms with Crippen molar-refractivity contribution in [3.63, 3.8) is 0 Å². The molecule has 6 heteroatoms. The number of primary amides is 1. The molecule has 2 aliphatic rings. The number of amides is 1. The number of carbonyl (C=O) groups excluding carboxylic acids is 1. The Balaban J connectivity index is 1.59. The van der Waals surface area contributed by atoms with Gasteiger partial charge in [0, 0.05) is 37.9 Å². The number of benzene rings is 1. The number of aromatic nitrogens is 1. The molecule has 0 unspecified atom stereocenters. The SMILES string of the molecule is CNc1cc(Nc2ccc(C3CCOCC3)cc2)nc(C2CCCC2)c1C(N)=O. The fourth-order valence-electron chi connectivity index (χ4n) is 4.60. The lowest BCUT2D eigenvalue weighted by molar-refractivity contribution is 0.0853. The van der Waals surface area contributed by atoms with Crippen LogP contribution in [0.2, 0.25) is 0 Å². The predicted octanol–water partition coefficient (Wildman–Crippen LogP) is 4.52. The van der Waals surface area contributed by atoms with E-state index >= 15 is 0 Å². The van der Waals surface area contributed by atoms with Gasteiger partial charge in [-0.05, 0) is 49.3 Å². The van der Waals surface area contributed by atoms with E-state index in [1.54, 1.807) is 0 Å². The highest BCUT2D eigenvalue weighted by Gasteiger charge is 2.26. The van der Waals surface area contributed by atoms with Crippen LogP contribution in [0.5, 0.6) is 0 Å². The van der Waals surface area contributed by atoms with Crippen LogP contribution in [-0.4, -0.2) is 31.2 Å². The first-order valence-corrected chi connectivity index (χ1v) is 10.6. The summed E-state index contributed by atoms with van der Waals surface area (Å²) in [7, 11) is 1.81. The van der Waals surface area contributed by atoms with Gasteiger partial charge in [-0.3, -0.25) is 4.79 Å². The summed E-state index contributed by atoms with van der Waals surface area (Å²) in [5.74, 6) is 1.19. The number of hydrogen-bond acceptors (Lipinski definition) is 5. The van der Waals surface area contributed by atoms with Crippen molar-refractivity contribution in [2.75, 3.05) is 30.9 Å². The molecule has 4 rings (SSSR count). The number of nitrogens with zero attached hydrogens (tertiary/aromatic N) is 1. The first kappa shape index (κ1) is 19.7. The Hall–Kier alpha value is -2.60. The molecule has 1 aromatic heterocycles. The van der Waals surface area contributed by atoms with Crippen molar-refractivity contribution in [1.82, 2.24) is 4.98 Å². The molecule has 0 spiro atoms. The van der Waals surface area contributed by atoms with Crippen LogP contribution in [0.4, 0.5) is 17.2 Å². The van der Waals surface area contributed by atoms with Crippen molar-refractivity contribution in [3.05, 3.63) is 47.2 Å². The second-order valence-corrected chi connectivity index (χ2v) is 8.04. The lowest BCUT2D eigenvalue weighted by Gasteiger charge is -2.22. The smallest absolute Gasteiger partial charge is 0.252 e. The maximum atomic E-state index is 12.1. The van der Waals surface area contributed by atoms with Crippen molar-refractivity contribution in [1.29, 1.82) is 0 Å². The molecule has 0 radical (unpaired) electrons. The number of nitrogens with two attached hydrogens (primary N) is 1.